The highest BCUT2D eigenvalue weighted by atomic mass is 19.1. The van der Waals surface area contributed by atoms with Gasteiger partial charge in [-0.05, 0) is 23.8 Å². The lowest BCUT2D eigenvalue weighted by Crippen LogP contribution is -2.05. The number of esters is 1. The zero-order valence-corrected chi connectivity index (χ0v) is 12.9. The Labute approximate surface area is 133 Å². The van der Waals surface area contributed by atoms with Crippen molar-refractivity contribution in [2.75, 3.05) is 7.11 Å². The van der Waals surface area contributed by atoms with Gasteiger partial charge in [-0.3, -0.25) is 0 Å². The van der Waals surface area contributed by atoms with E-state index < -0.39 is 11.8 Å². The summed E-state index contributed by atoms with van der Waals surface area (Å²) in [5, 5.41) is 0.834. The van der Waals surface area contributed by atoms with Gasteiger partial charge in [-0.2, -0.15) is 0 Å². The molecule has 0 atom stereocenters. The summed E-state index contributed by atoms with van der Waals surface area (Å²) in [6.07, 6.45) is 1.74. The van der Waals surface area contributed by atoms with E-state index >= 15 is 0 Å². The maximum Gasteiger partial charge on any atom is 0.340 e. The molecule has 0 saturated heterocycles. The number of ether oxygens (including phenoxy) is 2. The van der Waals surface area contributed by atoms with Crippen molar-refractivity contribution >= 4 is 16.9 Å². The Morgan fingerprint density at radius 3 is 2.74 bits per heavy atom. The lowest BCUT2D eigenvalue weighted by molar-refractivity contribution is 0.0474. The minimum atomic E-state index is -0.480. The minimum Gasteiger partial charge on any atom is -0.494 e. The van der Waals surface area contributed by atoms with Crippen molar-refractivity contribution in [1.29, 1.82) is 0 Å². The second kappa shape index (κ2) is 6.12. The quantitative estimate of drug-likeness (QED) is 0.690. The number of para-hydroxylation sites is 1. The Morgan fingerprint density at radius 2 is 2.00 bits per heavy atom. The van der Waals surface area contributed by atoms with E-state index in [1.807, 2.05) is 35.9 Å². The van der Waals surface area contributed by atoms with Crippen molar-refractivity contribution in [2.45, 2.75) is 6.61 Å². The average Bonchev–Trinajstić information content (AvgIpc) is 2.90. The van der Waals surface area contributed by atoms with E-state index in [-0.39, 0.29) is 12.4 Å². The van der Waals surface area contributed by atoms with E-state index in [9.17, 15) is 9.18 Å². The highest BCUT2D eigenvalue weighted by Gasteiger charge is 2.15. The molecular formula is C18H16FNO3. The standard InChI is InChI=1S/C18H16FNO3/c1-20-10-14(13-5-3-4-6-16(13)20)18(21)23-11-12-7-8-17(22-2)15(19)9-12/h3-10H,11H2,1-2H3. The van der Waals surface area contributed by atoms with Crippen LogP contribution >= 0.6 is 0 Å². The van der Waals surface area contributed by atoms with Gasteiger partial charge < -0.3 is 14.0 Å². The van der Waals surface area contributed by atoms with Crippen LogP contribution in [0.5, 0.6) is 5.75 Å². The summed E-state index contributed by atoms with van der Waals surface area (Å²) in [6.45, 7) is 0.00295. The molecule has 2 aromatic carbocycles. The van der Waals surface area contributed by atoms with E-state index in [0.29, 0.717) is 11.1 Å². The van der Waals surface area contributed by atoms with Crippen LogP contribution in [0.1, 0.15) is 15.9 Å². The summed E-state index contributed by atoms with van der Waals surface area (Å²) < 4.78 is 25.7. The van der Waals surface area contributed by atoms with Crippen LogP contribution in [0.15, 0.2) is 48.7 Å². The first-order valence-corrected chi connectivity index (χ1v) is 7.13. The number of fused-ring (bicyclic) bond motifs is 1. The normalized spacial score (nSPS) is 10.7. The van der Waals surface area contributed by atoms with Gasteiger partial charge in [-0.15, -0.1) is 0 Å². The van der Waals surface area contributed by atoms with Gasteiger partial charge in [0.15, 0.2) is 11.6 Å². The summed E-state index contributed by atoms with van der Waals surface area (Å²) in [7, 11) is 3.27. The average molecular weight is 313 g/mol. The van der Waals surface area contributed by atoms with Crippen molar-refractivity contribution < 1.29 is 18.7 Å². The number of nitrogens with zero attached hydrogens (tertiary/aromatic N) is 1. The van der Waals surface area contributed by atoms with Gasteiger partial charge in [-0.25, -0.2) is 9.18 Å². The van der Waals surface area contributed by atoms with Crippen LogP contribution in [-0.4, -0.2) is 17.6 Å². The lowest BCUT2D eigenvalue weighted by atomic mass is 10.2. The number of halogens is 1. The van der Waals surface area contributed by atoms with Crippen LogP contribution in [0.2, 0.25) is 0 Å². The van der Waals surface area contributed by atoms with Crippen molar-refractivity contribution in [3.05, 3.63) is 65.6 Å². The van der Waals surface area contributed by atoms with E-state index in [2.05, 4.69) is 0 Å². The van der Waals surface area contributed by atoms with Gasteiger partial charge in [0.25, 0.3) is 0 Å². The fraction of sp³-hybridized carbons (Fsp3) is 0.167. The second-order valence-corrected chi connectivity index (χ2v) is 5.22. The van der Waals surface area contributed by atoms with Crippen LogP contribution in [-0.2, 0) is 18.4 Å². The largest absolute Gasteiger partial charge is 0.494 e. The second-order valence-electron chi connectivity index (χ2n) is 5.22. The third kappa shape index (κ3) is 2.90. The Bertz CT molecular complexity index is 870. The van der Waals surface area contributed by atoms with Crippen LogP contribution < -0.4 is 4.74 Å². The number of carbonyl (C=O) groups is 1. The summed E-state index contributed by atoms with van der Waals surface area (Å²) in [4.78, 5) is 12.3. The molecule has 0 unspecified atom stereocenters. The van der Waals surface area contributed by atoms with Crippen LogP contribution in [0.3, 0.4) is 0 Å². The first kappa shape index (κ1) is 15.1. The van der Waals surface area contributed by atoms with Crippen molar-refractivity contribution in [1.82, 2.24) is 4.57 Å². The predicted molar refractivity (Wildman–Crippen MR) is 85.0 cm³/mol. The van der Waals surface area contributed by atoms with E-state index in [1.54, 1.807) is 12.3 Å². The van der Waals surface area contributed by atoms with Crippen molar-refractivity contribution in [3.63, 3.8) is 0 Å². The van der Waals surface area contributed by atoms with E-state index in [1.165, 1.54) is 19.2 Å². The molecule has 0 N–H and O–H groups in total. The lowest BCUT2D eigenvalue weighted by Gasteiger charge is -2.06. The number of aromatic nitrogens is 1. The van der Waals surface area contributed by atoms with E-state index in [4.69, 9.17) is 9.47 Å². The van der Waals surface area contributed by atoms with Crippen molar-refractivity contribution in [2.24, 2.45) is 7.05 Å². The molecule has 1 heterocycles. The molecule has 5 heteroatoms. The van der Waals surface area contributed by atoms with Crippen molar-refractivity contribution in [3.8, 4) is 5.75 Å². The number of methoxy groups -OCH3 is 1. The number of hydrogen-bond donors (Lipinski definition) is 0. The Hall–Kier alpha value is -2.82. The molecule has 0 aliphatic rings. The van der Waals surface area contributed by atoms with Crippen LogP contribution in [0.25, 0.3) is 10.9 Å². The molecule has 0 radical (unpaired) electrons. The number of hydrogen-bond acceptors (Lipinski definition) is 3. The van der Waals surface area contributed by atoms with Crippen LogP contribution in [0.4, 0.5) is 4.39 Å². The minimum absolute atomic E-state index is 0.00295. The smallest absolute Gasteiger partial charge is 0.340 e. The fourth-order valence-electron chi connectivity index (χ4n) is 2.53. The molecule has 3 aromatic rings. The molecule has 0 bridgehead atoms. The zero-order chi connectivity index (χ0) is 16.4. The number of carbonyl (C=O) groups excluding carboxylic acids is 1. The van der Waals surface area contributed by atoms with Gasteiger partial charge >= 0.3 is 5.97 Å². The molecule has 23 heavy (non-hydrogen) atoms. The Kier molecular flexibility index (Phi) is 4.02. The first-order valence-electron chi connectivity index (χ1n) is 7.13. The summed E-state index contributed by atoms with van der Waals surface area (Å²) in [5.74, 6) is -0.752. The summed E-state index contributed by atoms with van der Waals surface area (Å²) in [5.41, 5.74) is 2.02. The zero-order valence-electron chi connectivity index (χ0n) is 12.9. The predicted octanol–water partition coefficient (Wildman–Crippen LogP) is 3.68. The highest BCUT2D eigenvalue weighted by molar-refractivity contribution is 6.04. The number of aryl methyl sites for hydroxylation is 1. The van der Waals surface area contributed by atoms with Gasteiger partial charge in [0.2, 0.25) is 0 Å². The Morgan fingerprint density at radius 1 is 1.22 bits per heavy atom. The molecule has 0 amide bonds. The molecule has 0 fully saturated rings. The highest BCUT2D eigenvalue weighted by Crippen LogP contribution is 2.22. The Balaban J connectivity index is 1.78. The molecule has 4 nitrogen and oxygen atoms in total. The molecule has 118 valence electrons. The fourth-order valence-corrected chi connectivity index (χ4v) is 2.53. The van der Waals surface area contributed by atoms with Gasteiger partial charge in [-0.1, -0.05) is 24.3 Å². The molecule has 0 spiro atoms. The van der Waals surface area contributed by atoms with Crippen LogP contribution in [0, 0.1) is 5.82 Å². The molecule has 0 aliphatic carbocycles. The summed E-state index contributed by atoms with van der Waals surface area (Å²) >= 11 is 0. The maximum absolute atomic E-state index is 13.6. The number of benzene rings is 2. The SMILES string of the molecule is COc1ccc(COC(=O)c2cn(C)c3ccccc23)cc1F. The molecule has 1 aromatic heterocycles. The topological polar surface area (TPSA) is 40.5 Å². The number of rotatable bonds is 4. The third-order valence-electron chi connectivity index (χ3n) is 3.70. The third-order valence-corrected chi connectivity index (χ3v) is 3.70. The molecule has 0 saturated carbocycles. The first-order chi connectivity index (χ1) is 11.1. The maximum atomic E-state index is 13.6. The van der Waals surface area contributed by atoms with Gasteiger partial charge in [0, 0.05) is 24.1 Å². The van der Waals surface area contributed by atoms with Gasteiger partial charge in [0.05, 0.1) is 12.7 Å². The van der Waals surface area contributed by atoms with E-state index in [0.717, 1.165) is 10.9 Å². The molecular weight excluding hydrogens is 297 g/mol. The monoisotopic (exact) mass is 313 g/mol. The molecule has 3 rings (SSSR count). The van der Waals surface area contributed by atoms with Gasteiger partial charge in [0.1, 0.15) is 6.61 Å². The summed E-state index contributed by atoms with van der Waals surface area (Å²) in [6, 6.07) is 12.1. The molecule has 0 aliphatic heterocycles.